The van der Waals surface area contributed by atoms with Gasteiger partial charge in [-0.1, -0.05) is 0 Å². The minimum absolute atomic E-state index is 0.718. The Hall–Kier alpha value is -2.23. The van der Waals surface area contributed by atoms with Crippen LogP contribution in [-0.4, -0.2) is 4.98 Å². The number of hydrogen-bond donors (Lipinski definition) is 1. The average Bonchev–Trinajstić information content (AvgIpc) is 2.30. The minimum atomic E-state index is 0.718. The maximum absolute atomic E-state index is 5.55. The molecule has 0 aliphatic heterocycles. The van der Waals surface area contributed by atoms with Gasteiger partial charge in [-0.3, -0.25) is 4.98 Å². The Morgan fingerprint density at radius 3 is 2.33 bits per heavy atom. The fraction of sp³-hybridized carbons (Fsp3) is 0. The van der Waals surface area contributed by atoms with Crippen LogP contribution in [0.4, 0.5) is 17.1 Å². The highest BCUT2D eigenvalue weighted by Crippen LogP contribution is 2.17. The van der Waals surface area contributed by atoms with E-state index in [9.17, 15) is 0 Å². The Kier molecular flexibility index (Phi) is 2.69. The second kappa shape index (κ2) is 4.32. The minimum Gasteiger partial charge on any atom is -0.399 e. The van der Waals surface area contributed by atoms with Gasteiger partial charge >= 0.3 is 0 Å². The summed E-state index contributed by atoms with van der Waals surface area (Å²) < 4.78 is 0. The fourth-order valence-corrected chi connectivity index (χ4v) is 1.07. The van der Waals surface area contributed by atoms with Crippen molar-refractivity contribution in [2.45, 2.75) is 0 Å². The Bertz CT molecular complexity index is 448. The molecule has 74 valence electrons. The highest BCUT2D eigenvalue weighted by molar-refractivity contribution is 5.47. The number of nitrogens with two attached hydrogens (primary N) is 1. The van der Waals surface area contributed by atoms with Gasteiger partial charge in [0.1, 0.15) is 5.69 Å². The third-order valence-corrected chi connectivity index (χ3v) is 1.82. The number of benzene rings is 1. The van der Waals surface area contributed by atoms with Crippen molar-refractivity contribution in [1.82, 2.24) is 4.98 Å². The molecule has 1 aromatic heterocycles. The van der Waals surface area contributed by atoms with E-state index in [1.807, 2.05) is 24.3 Å². The summed E-state index contributed by atoms with van der Waals surface area (Å²) in [5, 5.41) is 8.07. The fourth-order valence-electron chi connectivity index (χ4n) is 1.07. The monoisotopic (exact) mass is 198 g/mol. The quantitative estimate of drug-likeness (QED) is 0.595. The zero-order chi connectivity index (χ0) is 10.5. The van der Waals surface area contributed by atoms with E-state index in [4.69, 9.17) is 5.73 Å². The smallest absolute Gasteiger partial charge is 0.104 e. The van der Waals surface area contributed by atoms with Crippen molar-refractivity contribution in [1.29, 1.82) is 0 Å². The number of nitrogens with zero attached hydrogens (tertiary/aromatic N) is 3. The molecule has 0 radical (unpaired) electrons. The number of azo groups is 1. The second-order valence-electron chi connectivity index (χ2n) is 3.00. The lowest BCUT2D eigenvalue weighted by molar-refractivity contribution is 1.20. The van der Waals surface area contributed by atoms with E-state index in [1.54, 1.807) is 24.5 Å². The van der Waals surface area contributed by atoms with Gasteiger partial charge in [0.2, 0.25) is 0 Å². The van der Waals surface area contributed by atoms with Gasteiger partial charge in [-0.2, -0.15) is 5.11 Å². The van der Waals surface area contributed by atoms with E-state index in [-0.39, 0.29) is 0 Å². The molecule has 0 bridgehead atoms. The summed E-state index contributed by atoms with van der Waals surface area (Å²) in [5.74, 6) is 0. The lowest BCUT2D eigenvalue weighted by Gasteiger charge is -1.93. The normalized spacial score (nSPS) is 10.7. The van der Waals surface area contributed by atoms with Crippen molar-refractivity contribution in [2.75, 3.05) is 5.73 Å². The van der Waals surface area contributed by atoms with Crippen LogP contribution >= 0.6 is 0 Å². The maximum Gasteiger partial charge on any atom is 0.104 e. The van der Waals surface area contributed by atoms with Crippen molar-refractivity contribution >= 4 is 17.1 Å². The molecule has 0 aliphatic carbocycles. The number of anilines is 1. The summed E-state index contributed by atoms with van der Waals surface area (Å²) in [5.41, 5.74) is 7.77. The summed E-state index contributed by atoms with van der Waals surface area (Å²) in [6, 6.07) is 10.9. The van der Waals surface area contributed by atoms with Crippen LogP contribution < -0.4 is 5.73 Å². The molecule has 0 fully saturated rings. The van der Waals surface area contributed by atoms with Gasteiger partial charge in [0.25, 0.3) is 0 Å². The first kappa shape index (κ1) is 9.33. The topological polar surface area (TPSA) is 63.6 Å². The Balaban J connectivity index is 2.15. The molecule has 1 aromatic carbocycles. The van der Waals surface area contributed by atoms with Gasteiger partial charge in [-0.15, -0.1) is 5.11 Å². The zero-order valence-electron chi connectivity index (χ0n) is 8.04. The predicted molar refractivity (Wildman–Crippen MR) is 59.3 cm³/mol. The van der Waals surface area contributed by atoms with Crippen molar-refractivity contribution in [2.24, 2.45) is 10.2 Å². The van der Waals surface area contributed by atoms with Gasteiger partial charge in [0, 0.05) is 11.9 Å². The van der Waals surface area contributed by atoms with E-state index in [0.29, 0.717) is 0 Å². The van der Waals surface area contributed by atoms with Crippen LogP contribution in [0, 0.1) is 0 Å². The molecule has 0 saturated heterocycles. The molecular formula is C11H10N4. The lowest BCUT2D eigenvalue weighted by Crippen LogP contribution is -1.80. The van der Waals surface area contributed by atoms with Crippen molar-refractivity contribution < 1.29 is 0 Å². The summed E-state index contributed by atoms with van der Waals surface area (Å²) in [7, 11) is 0. The molecule has 0 amide bonds. The summed E-state index contributed by atoms with van der Waals surface area (Å²) in [6.45, 7) is 0. The van der Waals surface area contributed by atoms with Crippen molar-refractivity contribution in [3.05, 3.63) is 48.8 Å². The average molecular weight is 198 g/mol. The standard InChI is InChI=1S/C11H10N4/c12-9-3-5-10(6-4-9)14-15-11-2-1-7-13-8-11/h1-8H,12H2. The van der Waals surface area contributed by atoms with E-state index in [0.717, 1.165) is 17.1 Å². The molecule has 2 N–H and O–H groups in total. The Labute approximate surface area is 87.5 Å². The molecule has 2 aromatic rings. The van der Waals surface area contributed by atoms with Gasteiger partial charge in [-0.25, -0.2) is 0 Å². The van der Waals surface area contributed by atoms with Gasteiger partial charge < -0.3 is 5.73 Å². The van der Waals surface area contributed by atoms with Crippen LogP contribution in [0.1, 0.15) is 0 Å². The van der Waals surface area contributed by atoms with Gasteiger partial charge in [-0.05, 0) is 36.4 Å². The van der Waals surface area contributed by atoms with Crippen LogP contribution in [0.25, 0.3) is 0 Å². The van der Waals surface area contributed by atoms with Gasteiger partial charge in [0.05, 0.1) is 11.9 Å². The number of hydrogen-bond acceptors (Lipinski definition) is 4. The largest absolute Gasteiger partial charge is 0.399 e. The molecular weight excluding hydrogens is 188 g/mol. The van der Waals surface area contributed by atoms with E-state index in [1.165, 1.54) is 0 Å². The lowest BCUT2D eigenvalue weighted by atomic mass is 10.3. The number of rotatable bonds is 2. The number of aromatic nitrogens is 1. The first-order chi connectivity index (χ1) is 7.34. The molecule has 4 nitrogen and oxygen atoms in total. The molecule has 0 aliphatic rings. The molecule has 2 rings (SSSR count). The van der Waals surface area contributed by atoms with E-state index in [2.05, 4.69) is 15.2 Å². The van der Waals surface area contributed by atoms with Gasteiger partial charge in [0.15, 0.2) is 0 Å². The summed E-state index contributed by atoms with van der Waals surface area (Å²) in [4.78, 5) is 3.94. The van der Waals surface area contributed by atoms with Crippen molar-refractivity contribution in [3.63, 3.8) is 0 Å². The van der Waals surface area contributed by atoms with Crippen LogP contribution in [0.2, 0.25) is 0 Å². The number of nitrogen functional groups attached to an aromatic ring is 1. The molecule has 0 saturated carbocycles. The Morgan fingerprint density at radius 2 is 1.67 bits per heavy atom. The van der Waals surface area contributed by atoms with Crippen LogP contribution in [0.15, 0.2) is 59.0 Å². The Morgan fingerprint density at radius 1 is 0.933 bits per heavy atom. The zero-order valence-corrected chi connectivity index (χ0v) is 8.04. The molecule has 0 atom stereocenters. The number of pyridine rings is 1. The molecule has 0 spiro atoms. The van der Waals surface area contributed by atoms with E-state index >= 15 is 0 Å². The third kappa shape index (κ3) is 2.60. The second-order valence-corrected chi connectivity index (χ2v) is 3.00. The van der Waals surface area contributed by atoms with Crippen molar-refractivity contribution in [3.8, 4) is 0 Å². The van der Waals surface area contributed by atoms with Crippen LogP contribution in [-0.2, 0) is 0 Å². The molecule has 15 heavy (non-hydrogen) atoms. The maximum atomic E-state index is 5.55. The highest BCUT2D eigenvalue weighted by Gasteiger charge is 1.89. The molecule has 4 heteroatoms. The first-order valence-electron chi connectivity index (χ1n) is 4.52. The molecule has 0 unspecified atom stereocenters. The predicted octanol–water partition coefficient (Wildman–Crippen LogP) is 3.08. The van der Waals surface area contributed by atoms with Crippen LogP contribution in [0.3, 0.4) is 0 Å². The summed E-state index contributed by atoms with van der Waals surface area (Å²) in [6.07, 6.45) is 3.35. The van der Waals surface area contributed by atoms with E-state index < -0.39 is 0 Å². The SMILES string of the molecule is Nc1ccc(N=Nc2cccnc2)cc1. The third-order valence-electron chi connectivity index (χ3n) is 1.82. The highest BCUT2D eigenvalue weighted by atomic mass is 15.1. The molecule has 1 heterocycles. The first-order valence-corrected chi connectivity index (χ1v) is 4.52. The van der Waals surface area contributed by atoms with Crippen LogP contribution in [0.5, 0.6) is 0 Å². The summed E-state index contributed by atoms with van der Waals surface area (Å²) >= 11 is 0.